The molecule has 0 saturated heterocycles. The lowest BCUT2D eigenvalue weighted by Gasteiger charge is -2.23. The fourth-order valence-electron chi connectivity index (χ4n) is 3.01. The molecule has 1 aliphatic rings. The van der Waals surface area contributed by atoms with E-state index in [1.807, 2.05) is 35.7 Å². The van der Waals surface area contributed by atoms with Gasteiger partial charge in [-0.2, -0.15) is 0 Å². The first kappa shape index (κ1) is 15.8. The van der Waals surface area contributed by atoms with E-state index in [9.17, 15) is 9.18 Å². The number of carbonyl (C=O) groups excluding carboxylic acids is 1. The number of amides is 1. The summed E-state index contributed by atoms with van der Waals surface area (Å²) in [7, 11) is 0. The zero-order valence-corrected chi connectivity index (χ0v) is 14.2. The van der Waals surface area contributed by atoms with Crippen molar-refractivity contribution in [3.8, 4) is 5.75 Å². The number of rotatable bonds is 4. The molecule has 4 rings (SSSR count). The van der Waals surface area contributed by atoms with Gasteiger partial charge in [0.15, 0.2) is 0 Å². The second-order valence-electron chi connectivity index (χ2n) is 5.99. The highest BCUT2D eigenvalue weighted by Gasteiger charge is 2.27. The molecule has 1 aliphatic heterocycles. The molecule has 1 N–H and O–H groups in total. The monoisotopic (exact) mass is 353 g/mol. The van der Waals surface area contributed by atoms with Crippen molar-refractivity contribution in [1.29, 1.82) is 0 Å². The fraction of sp³-hybridized carbons (Fsp3) is 0.150. The molecule has 0 spiro atoms. The van der Waals surface area contributed by atoms with Crippen molar-refractivity contribution in [3.05, 3.63) is 81.8 Å². The van der Waals surface area contributed by atoms with Crippen molar-refractivity contribution in [2.75, 3.05) is 5.32 Å². The molecule has 1 unspecified atom stereocenters. The average molecular weight is 353 g/mol. The molecule has 1 amide bonds. The minimum Gasteiger partial charge on any atom is -0.489 e. The maximum absolute atomic E-state index is 13.0. The van der Waals surface area contributed by atoms with Crippen LogP contribution in [0.5, 0.6) is 5.75 Å². The van der Waals surface area contributed by atoms with Crippen molar-refractivity contribution in [2.24, 2.45) is 0 Å². The first-order valence-electron chi connectivity index (χ1n) is 8.03. The Morgan fingerprint density at radius 3 is 2.84 bits per heavy atom. The van der Waals surface area contributed by atoms with E-state index in [0.717, 1.165) is 22.6 Å². The van der Waals surface area contributed by atoms with E-state index < -0.39 is 0 Å². The Labute approximate surface area is 149 Å². The normalized spacial score (nSPS) is 16.2. The van der Waals surface area contributed by atoms with Crippen LogP contribution in [-0.4, -0.2) is 5.91 Å². The third-order valence-corrected chi connectivity index (χ3v) is 5.29. The van der Waals surface area contributed by atoms with Gasteiger partial charge in [-0.05, 0) is 46.8 Å². The zero-order valence-electron chi connectivity index (χ0n) is 13.4. The Balaban J connectivity index is 1.54. The lowest BCUT2D eigenvalue weighted by Crippen LogP contribution is -2.21. The molecule has 3 aromatic rings. The van der Waals surface area contributed by atoms with Crippen molar-refractivity contribution < 1.29 is 13.9 Å². The summed E-state index contributed by atoms with van der Waals surface area (Å²) in [4.78, 5) is 13.1. The highest BCUT2D eigenvalue weighted by molar-refractivity contribution is 7.10. The third kappa shape index (κ3) is 3.42. The van der Waals surface area contributed by atoms with Gasteiger partial charge in [0.1, 0.15) is 18.2 Å². The predicted octanol–water partition coefficient (Wildman–Crippen LogP) is 4.94. The lowest BCUT2D eigenvalue weighted by atomic mass is 9.90. The molecule has 2 heterocycles. The van der Waals surface area contributed by atoms with Crippen LogP contribution in [0.15, 0.2) is 60.0 Å². The van der Waals surface area contributed by atoms with Crippen LogP contribution in [0.2, 0.25) is 0 Å². The fourth-order valence-corrected chi connectivity index (χ4v) is 3.99. The number of hydrogen-bond donors (Lipinski definition) is 1. The molecular weight excluding hydrogens is 337 g/mol. The van der Waals surface area contributed by atoms with E-state index in [1.54, 1.807) is 23.5 Å². The van der Waals surface area contributed by atoms with Crippen LogP contribution in [0.25, 0.3) is 0 Å². The minimum absolute atomic E-state index is 0.0357. The van der Waals surface area contributed by atoms with Gasteiger partial charge < -0.3 is 10.1 Å². The van der Waals surface area contributed by atoms with E-state index in [1.165, 1.54) is 17.0 Å². The molecule has 0 fully saturated rings. The summed E-state index contributed by atoms with van der Waals surface area (Å²) in [5.41, 5.74) is 2.88. The smallest absolute Gasteiger partial charge is 0.225 e. The largest absolute Gasteiger partial charge is 0.489 e. The van der Waals surface area contributed by atoms with Crippen LogP contribution in [0, 0.1) is 5.82 Å². The summed E-state index contributed by atoms with van der Waals surface area (Å²) >= 11 is 1.66. The van der Waals surface area contributed by atoms with E-state index in [2.05, 4.69) is 5.32 Å². The van der Waals surface area contributed by atoms with Gasteiger partial charge in [-0.1, -0.05) is 24.3 Å². The second kappa shape index (κ2) is 6.69. The molecule has 0 saturated carbocycles. The van der Waals surface area contributed by atoms with Crippen molar-refractivity contribution in [2.45, 2.75) is 18.9 Å². The van der Waals surface area contributed by atoms with Gasteiger partial charge in [0.05, 0.1) is 5.69 Å². The summed E-state index contributed by atoms with van der Waals surface area (Å²) in [5, 5.41) is 4.91. The van der Waals surface area contributed by atoms with Crippen molar-refractivity contribution >= 4 is 22.9 Å². The number of hydrogen-bond acceptors (Lipinski definition) is 3. The highest BCUT2D eigenvalue weighted by Crippen LogP contribution is 2.41. The molecule has 0 bridgehead atoms. The van der Waals surface area contributed by atoms with E-state index in [0.29, 0.717) is 13.0 Å². The minimum atomic E-state index is -0.256. The van der Waals surface area contributed by atoms with Gasteiger partial charge in [0.25, 0.3) is 0 Å². The molecule has 5 heteroatoms. The number of halogens is 1. The Kier molecular flexibility index (Phi) is 4.24. The van der Waals surface area contributed by atoms with Crippen molar-refractivity contribution in [1.82, 2.24) is 0 Å². The lowest BCUT2D eigenvalue weighted by molar-refractivity contribution is -0.116. The summed E-state index contributed by atoms with van der Waals surface area (Å²) in [5.74, 6) is 0.575. The van der Waals surface area contributed by atoms with Gasteiger partial charge in [-0.15, -0.1) is 11.3 Å². The molecule has 0 aliphatic carbocycles. The first-order chi connectivity index (χ1) is 12.2. The summed E-state index contributed by atoms with van der Waals surface area (Å²) < 4.78 is 18.8. The van der Waals surface area contributed by atoms with Crippen LogP contribution >= 0.6 is 11.3 Å². The van der Waals surface area contributed by atoms with E-state index in [4.69, 9.17) is 4.74 Å². The van der Waals surface area contributed by atoms with E-state index >= 15 is 0 Å². The van der Waals surface area contributed by atoms with Crippen LogP contribution in [0.3, 0.4) is 0 Å². The highest BCUT2D eigenvalue weighted by atomic mass is 32.1. The Hall–Kier alpha value is -2.66. The SMILES string of the molecule is O=C1CC(c2cccc(OCc3ccc(F)cc3)c2)c2sccc2N1. The first-order valence-corrected chi connectivity index (χ1v) is 8.91. The van der Waals surface area contributed by atoms with Crippen LogP contribution in [0.1, 0.15) is 28.3 Å². The van der Waals surface area contributed by atoms with Gasteiger partial charge in [-0.25, -0.2) is 4.39 Å². The molecule has 3 nitrogen and oxygen atoms in total. The molecule has 25 heavy (non-hydrogen) atoms. The number of benzene rings is 2. The zero-order chi connectivity index (χ0) is 17.2. The van der Waals surface area contributed by atoms with Gasteiger partial charge >= 0.3 is 0 Å². The summed E-state index contributed by atoms with van der Waals surface area (Å²) in [6.07, 6.45) is 0.439. The number of fused-ring (bicyclic) bond motifs is 1. The Bertz CT molecular complexity index is 904. The molecule has 2 aromatic carbocycles. The third-order valence-electron chi connectivity index (χ3n) is 4.25. The van der Waals surface area contributed by atoms with Crippen LogP contribution in [0.4, 0.5) is 10.1 Å². The maximum Gasteiger partial charge on any atom is 0.225 e. The molecule has 1 aromatic heterocycles. The number of nitrogens with one attached hydrogen (secondary N) is 1. The van der Waals surface area contributed by atoms with Gasteiger partial charge in [-0.3, -0.25) is 4.79 Å². The van der Waals surface area contributed by atoms with E-state index in [-0.39, 0.29) is 17.6 Å². The summed E-state index contributed by atoms with van der Waals surface area (Å²) in [6.45, 7) is 0.374. The quantitative estimate of drug-likeness (QED) is 0.721. The van der Waals surface area contributed by atoms with Crippen molar-refractivity contribution in [3.63, 3.8) is 0 Å². The topological polar surface area (TPSA) is 38.3 Å². The standard InChI is InChI=1S/C20H16FNO2S/c21-15-6-4-13(5-7-15)12-24-16-3-1-2-14(10-16)17-11-19(23)22-18-8-9-25-20(17)18/h1-10,17H,11-12H2,(H,22,23). The average Bonchev–Trinajstić information content (AvgIpc) is 3.09. The Morgan fingerprint density at radius 1 is 1.16 bits per heavy atom. The van der Waals surface area contributed by atoms with Gasteiger partial charge in [0, 0.05) is 17.2 Å². The van der Waals surface area contributed by atoms with Crippen LogP contribution in [-0.2, 0) is 11.4 Å². The molecule has 0 radical (unpaired) electrons. The predicted molar refractivity (Wildman–Crippen MR) is 96.6 cm³/mol. The maximum atomic E-state index is 13.0. The summed E-state index contributed by atoms with van der Waals surface area (Å²) in [6, 6.07) is 16.1. The number of ether oxygens (including phenoxy) is 1. The van der Waals surface area contributed by atoms with Gasteiger partial charge in [0.2, 0.25) is 5.91 Å². The molecular formula is C20H16FNO2S. The number of thiophene rings is 1. The number of carbonyl (C=O) groups is 1. The molecule has 1 atom stereocenters. The molecule has 126 valence electrons. The van der Waals surface area contributed by atoms with Crippen LogP contribution < -0.4 is 10.1 Å². The second-order valence-corrected chi connectivity index (χ2v) is 6.94. The number of anilines is 1. The Morgan fingerprint density at radius 2 is 2.00 bits per heavy atom.